The van der Waals surface area contributed by atoms with Crippen molar-refractivity contribution in [2.24, 2.45) is 5.92 Å². The predicted octanol–water partition coefficient (Wildman–Crippen LogP) is 4.22. The lowest BCUT2D eigenvalue weighted by molar-refractivity contribution is -0.130. The Morgan fingerprint density at radius 1 is 1.16 bits per heavy atom. The molecule has 1 fully saturated rings. The molecular formula is C26H27FN3O2. The quantitative estimate of drug-likeness (QED) is 0.657. The molecule has 3 heterocycles. The van der Waals surface area contributed by atoms with Gasteiger partial charge in [0.05, 0.1) is 36.3 Å². The molecule has 2 atom stereocenters. The minimum absolute atomic E-state index is 0.0164. The minimum Gasteiger partial charge on any atom is -0.393 e. The van der Waals surface area contributed by atoms with Gasteiger partial charge in [0.15, 0.2) is 0 Å². The highest BCUT2D eigenvalue weighted by molar-refractivity contribution is 5.93. The zero-order valence-corrected chi connectivity index (χ0v) is 18.1. The molecule has 2 aliphatic rings. The molecule has 2 unspecified atom stereocenters. The number of benzene rings is 2. The highest BCUT2D eigenvalue weighted by Gasteiger charge is 2.34. The minimum atomic E-state index is -0.444. The number of rotatable bonds is 5. The molecule has 1 amide bonds. The Bertz CT molecular complexity index is 1100. The summed E-state index contributed by atoms with van der Waals surface area (Å²) in [5.74, 6) is 0.456. The van der Waals surface area contributed by atoms with Crippen LogP contribution >= 0.6 is 0 Å². The van der Waals surface area contributed by atoms with Gasteiger partial charge in [-0.2, -0.15) is 0 Å². The fraction of sp³-hybridized carbons (Fsp3) is 0.346. The van der Waals surface area contributed by atoms with E-state index in [2.05, 4.69) is 21.7 Å². The maximum Gasteiger partial charge on any atom is 0.234 e. The van der Waals surface area contributed by atoms with E-state index >= 15 is 0 Å². The smallest absolute Gasteiger partial charge is 0.234 e. The van der Waals surface area contributed by atoms with Crippen LogP contribution in [0.4, 0.5) is 4.39 Å². The van der Waals surface area contributed by atoms with Crippen LogP contribution in [-0.2, 0) is 4.79 Å². The van der Waals surface area contributed by atoms with E-state index in [1.807, 2.05) is 29.6 Å². The number of amides is 1. The first-order chi connectivity index (χ1) is 15.5. The van der Waals surface area contributed by atoms with E-state index in [4.69, 9.17) is 0 Å². The number of hydrogen-bond donors (Lipinski definition) is 1. The first-order valence-corrected chi connectivity index (χ1v) is 11.2. The topological polar surface area (TPSA) is 58.4 Å². The molecular weight excluding hydrogens is 405 g/mol. The molecule has 32 heavy (non-hydrogen) atoms. The molecule has 0 spiro atoms. The number of fused-ring (bicyclic) bond motifs is 3. The van der Waals surface area contributed by atoms with Crippen molar-refractivity contribution in [2.45, 2.75) is 38.3 Å². The predicted molar refractivity (Wildman–Crippen MR) is 120 cm³/mol. The van der Waals surface area contributed by atoms with Crippen LogP contribution in [0.5, 0.6) is 0 Å². The Morgan fingerprint density at radius 2 is 1.88 bits per heavy atom. The van der Waals surface area contributed by atoms with Crippen molar-refractivity contribution in [1.29, 1.82) is 0 Å². The first-order valence-electron chi connectivity index (χ1n) is 11.2. The molecule has 1 N–H and O–H groups in total. The zero-order chi connectivity index (χ0) is 22.2. The van der Waals surface area contributed by atoms with Crippen molar-refractivity contribution in [3.63, 3.8) is 0 Å². The van der Waals surface area contributed by atoms with Crippen LogP contribution in [0.2, 0.25) is 0 Å². The molecule has 0 bridgehead atoms. The summed E-state index contributed by atoms with van der Waals surface area (Å²) in [5.41, 5.74) is 4.27. The third-order valence-corrected chi connectivity index (χ3v) is 7.03. The number of hydrogen-bond acceptors (Lipinski definition) is 3. The van der Waals surface area contributed by atoms with Gasteiger partial charge in [-0.15, -0.1) is 0 Å². The number of carbonyl (C=O) groups excluding carboxylic acids is 1. The summed E-state index contributed by atoms with van der Waals surface area (Å²) < 4.78 is 15.3. The Balaban J connectivity index is 1.21. The highest BCUT2D eigenvalue weighted by Crippen LogP contribution is 2.42. The van der Waals surface area contributed by atoms with E-state index in [1.165, 1.54) is 23.3 Å². The maximum atomic E-state index is 13.2. The van der Waals surface area contributed by atoms with Gasteiger partial charge in [0.25, 0.3) is 0 Å². The number of aliphatic hydroxyl groups excluding tert-OH is 1. The maximum absolute atomic E-state index is 13.2. The second-order valence-electron chi connectivity index (χ2n) is 8.85. The fourth-order valence-electron chi connectivity index (χ4n) is 5.14. The molecule has 0 saturated carbocycles. The molecule has 0 aliphatic carbocycles. The van der Waals surface area contributed by atoms with Gasteiger partial charge in [0, 0.05) is 18.7 Å². The Hall–Kier alpha value is -2.99. The third-order valence-electron chi connectivity index (χ3n) is 7.03. The summed E-state index contributed by atoms with van der Waals surface area (Å²) in [4.78, 5) is 19.1. The SMILES string of the molecule is C[C](C(=O)N1CCC(C(O)CC2c3ccccc3-c3cncn32)CC1)c1ccc(F)cc1. The average Bonchev–Trinajstić information content (AvgIpc) is 3.41. The average molecular weight is 433 g/mol. The van der Waals surface area contributed by atoms with E-state index in [9.17, 15) is 14.3 Å². The largest absolute Gasteiger partial charge is 0.393 e. The Kier molecular flexibility index (Phi) is 5.55. The number of aliphatic hydroxyl groups is 1. The van der Waals surface area contributed by atoms with E-state index in [1.54, 1.807) is 19.1 Å². The van der Waals surface area contributed by atoms with E-state index in [-0.39, 0.29) is 23.7 Å². The van der Waals surface area contributed by atoms with Crippen LogP contribution in [0.25, 0.3) is 11.3 Å². The molecule has 6 heteroatoms. The molecule has 5 rings (SSSR count). The van der Waals surface area contributed by atoms with E-state index in [0.29, 0.717) is 25.4 Å². The fourth-order valence-corrected chi connectivity index (χ4v) is 5.14. The lowest BCUT2D eigenvalue weighted by atomic mass is 9.86. The summed E-state index contributed by atoms with van der Waals surface area (Å²) in [7, 11) is 0. The summed E-state index contributed by atoms with van der Waals surface area (Å²) in [6.45, 7) is 3.03. The standard InChI is InChI=1S/C26H27FN3O2/c1-17(18-6-8-20(27)9-7-18)26(32)29-12-10-19(11-13-29)25(31)14-23-21-4-2-3-5-22(21)24-15-28-16-30(23)24/h2-9,15-16,19,23,25,31H,10-14H2,1H3. The van der Waals surface area contributed by atoms with E-state index < -0.39 is 6.10 Å². The van der Waals surface area contributed by atoms with Crippen molar-refractivity contribution < 1.29 is 14.3 Å². The van der Waals surface area contributed by atoms with Gasteiger partial charge >= 0.3 is 0 Å². The van der Waals surface area contributed by atoms with Crippen LogP contribution < -0.4 is 0 Å². The molecule has 2 aliphatic heterocycles. The third kappa shape index (κ3) is 3.73. The Morgan fingerprint density at radius 3 is 2.62 bits per heavy atom. The molecule has 165 valence electrons. The normalized spacial score (nSPS) is 19.1. The summed E-state index contributed by atoms with van der Waals surface area (Å²) >= 11 is 0. The molecule has 5 nitrogen and oxygen atoms in total. The van der Waals surface area contributed by atoms with Crippen LogP contribution in [0.1, 0.15) is 43.4 Å². The number of aromatic nitrogens is 2. The zero-order valence-electron chi connectivity index (χ0n) is 18.1. The van der Waals surface area contributed by atoms with Gasteiger partial charge < -0.3 is 14.6 Å². The van der Waals surface area contributed by atoms with Crippen LogP contribution in [-0.4, -0.2) is 44.7 Å². The molecule has 1 aromatic heterocycles. The van der Waals surface area contributed by atoms with E-state index in [0.717, 1.165) is 24.1 Å². The molecule has 1 saturated heterocycles. The number of carbonyl (C=O) groups is 1. The van der Waals surface area contributed by atoms with Gasteiger partial charge in [0.2, 0.25) is 5.91 Å². The van der Waals surface area contributed by atoms with Gasteiger partial charge in [-0.25, -0.2) is 9.37 Å². The molecule has 1 radical (unpaired) electrons. The van der Waals surface area contributed by atoms with Crippen molar-refractivity contribution in [2.75, 3.05) is 13.1 Å². The van der Waals surface area contributed by atoms with Gasteiger partial charge in [0.1, 0.15) is 5.82 Å². The number of piperidine rings is 1. The van der Waals surface area contributed by atoms with Crippen molar-refractivity contribution in [1.82, 2.24) is 14.5 Å². The van der Waals surface area contributed by atoms with Crippen LogP contribution in [0, 0.1) is 17.7 Å². The monoisotopic (exact) mass is 432 g/mol. The molecule has 3 aromatic rings. The van der Waals surface area contributed by atoms with Crippen LogP contribution in [0.3, 0.4) is 0 Å². The molecule has 2 aromatic carbocycles. The Labute approximate surface area is 187 Å². The van der Waals surface area contributed by atoms with Crippen molar-refractivity contribution in [3.8, 4) is 11.3 Å². The number of halogens is 1. The van der Waals surface area contributed by atoms with Crippen molar-refractivity contribution in [3.05, 3.63) is 83.9 Å². The number of nitrogens with zero attached hydrogens (tertiary/aromatic N) is 3. The summed E-state index contributed by atoms with van der Waals surface area (Å²) in [5, 5.41) is 11.1. The van der Waals surface area contributed by atoms with Gasteiger partial charge in [-0.05, 0) is 55.4 Å². The summed E-state index contributed by atoms with van der Waals surface area (Å²) in [6.07, 6.45) is 5.47. The van der Waals surface area contributed by atoms with Crippen molar-refractivity contribution >= 4 is 5.91 Å². The van der Waals surface area contributed by atoms with Gasteiger partial charge in [-0.3, -0.25) is 4.79 Å². The van der Waals surface area contributed by atoms with Crippen LogP contribution in [0.15, 0.2) is 61.1 Å². The number of likely N-dealkylation sites (tertiary alicyclic amines) is 1. The number of imidazole rings is 1. The first kappa shape index (κ1) is 20.9. The lowest BCUT2D eigenvalue weighted by Gasteiger charge is -2.36. The van der Waals surface area contributed by atoms with Gasteiger partial charge in [-0.1, -0.05) is 36.4 Å². The second kappa shape index (κ2) is 8.51. The second-order valence-corrected chi connectivity index (χ2v) is 8.85. The lowest BCUT2D eigenvalue weighted by Crippen LogP contribution is -2.43. The summed E-state index contributed by atoms with van der Waals surface area (Å²) in [6, 6.07) is 14.4. The highest BCUT2D eigenvalue weighted by atomic mass is 19.1.